The van der Waals surface area contributed by atoms with Gasteiger partial charge in [0.2, 0.25) is 0 Å². The van der Waals surface area contributed by atoms with Crippen molar-refractivity contribution in [1.29, 1.82) is 0 Å². The minimum absolute atomic E-state index is 0.452. The van der Waals surface area contributed by atoms with Crippen LogP contribution >= 0.6 is 0 Å². The van der Waals surface area contributed by atoms with Crippen molar-refractivity contribution in [3.8, 4) is 11.1 Å². The van der Waals surface area contributed by atoms with Gasteiger partial charge >= 0.3 is 0 Å². The van der Waals surface area contributed by atoms with Crippen LogP contribution in [0, 0.1) is 0 Å². The Labute approximate surface area is 118 Å². The number of morpholine rings is 1. The summed E-state index contributed by atoms with van der Waals surface area (Å²) in [5.74, 6) is 0. The first-order valence-corrected chi connectivity index (χ1v) is 6.93. The van der Waals surface area contributed by atoms with Gasteiger partial charge in [-0.1, -0.05) is 24.3 Å². The molecule has 1 unspecified atom stereocenters. The fourth-order valence-electron chi connectivity index (χ4n) is 2.46. The fourth-order valence-corrected chi connectivity index (χ4v) is 2.46. The van der Waals surface area contributed by atoms with E-state index in [0.717, 1.165) is 43.0 Å². The first-order valence-electron chi connectivity index (χ1n) is 6.93. The van der Waals surface area contributed by atoms with Crippen LogP contribution in [0.1, 0.15) is 11.7 Å². The van der Waals surface area contributed by atoms with Gasteiger partial charge in [0.15, 0.2) is 0 Å². The lowest BCUT2D eigenvalue weighted by Crippen LogP contribution is -2.38. The molecule has 1 aliphatic heterocycles. The maximum absolute atomic E-state index is 10.3. The standard InChI is InChI=1S/C16H19NO3/c18-16(11-17-6-9-19-10-7-17)14-3-1-13(2-4-14)15-5-8-20-12-15/h1-5,8,12,16,18H,6-7,9-11H2. The van der Waals surface area contributed by atoms with Crippen molar-refractivity contribution in [2.45, 2.75) is 6.10 Å². The van der Waals surface area contributed by atoms with Crippen molar-refractivity contribution < 1.29 is 14.3 Å². The highest BCUT2D eigenvalue weighted by Crippen LogP contribution is 2.23. The molecule has 1 N–H and O–H groups in total. The number of ether oxygens (including phenoxy) is 1. The third-order valence-corrected chi connectivity index (χ3v) is 3.68. The van der Waals surface area contributed by atoms with E-state index >= 15 is 0 Å². The lowest BCUT2D eigenvalue weighted by Gasteiger charge is -2.28. The second-order valence-corrected chi connectivity index (χ2v) is 5.06. The highest BCUT2D eigenvalue weighted by atomic mass is 16.5. The predicted octanol–water partition coefficient (Wildman–Crippen LogP) is 2.31. The normalized spacial score (nSPS) is 18.1. The van der Waals surface area contributed by atoms with Gasteiger partial charge in [-0.3, -0.25) is 4.90 Å². The molecule has 1 fully saturated rings. The van der Waals surface area contributed by atoms with Gasteiger partial charge in [-0.05, 0) is 17.2 Å². The summed E-state index contributed by atoms with van der Waals surface area (Å²) in [6.45, 7) is 3.96. The third kappa shape index (κ3) is 3.10. The van der Waals surface area contributed by atoms with E-state index in [9.17, 15) is 5.11 Å². The van der Waals surface area contributed by atoms with Crippen molar-refractivity contribution in [3.63, 3.8) is 0 Å². The highest BCUT2D eigenvalue weighted by molar-refractivity contribution is 5.62. The maximum Gasteiger partial charge on any atom is 0.0980 e. The topological polar surface area (TPSA) is 45.8 Å². The molecule has 0 spiro atoms. The predicted molar refractivity (Wildman–Crippen MR) is 76.4 cm³/mol. The summed E-state index contributed by atoms with van der Waals surface area (Å²) in [6.07, 6.45) is 2.93. The Balaban J connectivity index is 1.64. The number of hydrogen-bond donors (Lipinski definition) is 1. The minimum atomic E-state index is -0.452. The maximum atomic E-state index is 10.3. The minimum Gasteiger partial charge on any atom is -0.472 e. The highest BCUT2D eigenvalue weighted by Gasteiger charge is 2.16. The number of β-amino-alcohol motifs (C(OH)–C–C–N with tert-alkyl or cyclic N) is 1. The second kappa shape index (κ2) is 6.22. The molecule has 20 heavy (non-hydrogen) atoms. The molecule has 2 heterocycles. The van der Waals surface area contributed by atoms with E-state index in [4.69, 9.17) is 9.15 Å². The molecule has 0 radical (unpaired) electrons. The molecule has 2 aromatic rings. The van der Waals surface area contributed by atoms with Crippen LogP contribution in [0.5, 0.6) is 0 Å². The number of rotatable bonds is 4. The van der Waals surface area contributed by atoms with Crippen molar-refractivity contribution >= 4 is 0 Å². The Hall–Kier alpha value is -1.62. The summed E-state index contributed by atoms with van der Waals surface area (Å²) < 4.78 is 10.4. The number of aliphatic hydroxyl groups is 1. The number of hydrogen-bond acceptors (Lipinski definition) is 4. The van der Waals surface area contributed by atoms with Crippen LogP contribution in [-0.4, -0.2) is 42.9 Å². The number of benzene rings is 1. The molecule has 0 saturated carbocycles. The zero-order chi connectivity index (χ0) is 13.8. The molecule has 0 amide bonds. The first kappa shape index (κ1) is 13.4. The lowest BCUT2D eigenvalue weighted by molar-refractivity contribution is 0.0143. The molecule has 0 aliphatic carbocycles. The van der Waals surface area contributed by atoms with Gasteiger partial charge in [-0.2, -0.15) is 0 Å². The van der Waals surface area contributed by atoms with Gasteiger partial charge < -0.3 is 14.3 Å². The number of aliphatic hydroxyl groups excluding tert-OH is 1. The molecule has 3 rings (SSSR count). The molecular formula is C16H19NO3. The Morgan fingerprint density at radius 2 is 1.80 bits per heavy atom. The van der Waals surface area contributed by atoms with E-state index in [2.05, 4.69) is 4.90 Å². The SMILES string of the molecule is OC(CN1CCOCC1)c1ccc(-c2ccoc2)cc1. The summed E-state index contributed by atoms with van der Waals surface area (Å²) in [4.78, 5) is 2.23. The van der Waals surface area contributed by atoms with Gasteiger partial charge in [0.25, 0.3) is 0 Å². The largest absolute Gasteiger partial charge is 0.472 e. The zero-order valence-electron chi connectivity index (χ0n) is 11.4. The summed E-state index contributed by atoms with van der Waals surface area (Å²) >= 11 is 0. The Kier molecular flexibility index (Phi) is 4.16. The Morgan fingerprint density at radius 1 is 1.05 bits per heavy atom. The van der Waals surface area contributed by atoms with Crippen LogP contribution in [0.4, 0.5) is 0 Å². The van der Waals surface area contributed by atoms with Crippen LogP contribution < -0.4 is 0 Å². The summed E-state index contributed by atoms with van der Waals surface area (Å²) in [5.41, 5.74) is 3.10. The molecule has 1 aliphatic rings. The van der Waals surface area contributed by atoms with Crippen LogP contribution in [-0.2, 0) is 4.74 Å². The smallest absolute Gasteiger partial charge is 0.0980 e. The van der Waals surface area contributed by atoms with E-state index in [1.807, 2.05) is 30.3 Å². The van der Waals surface area contributed by atoms with E-state index in [1.165, 1.54) is 0 Å². The summed E-state index contributed by atoms with van der Waals surface area (Å²) in [7, 11) is 0. The van der Waals surface area contributed by atoms with Gasteiger partial charge in [-0.15, -0.1) is 0 Å². The Morgan fingerprint density at radius 3 is 2.45 bits per heavy atom. The summed E-state index contributed by atoms with van der Waals surface area (Å²) in [5, 5.41) is 10.3. The van der Waals surface area contributed by atoms with Crippen molar-refractivity contribution in [2.24, 2.45) is 0 Å². The molecule has 106 valence electrons. The van der Waals surface area contributed by atoms with Crippen LogP contribution in [0.2, 0.25) is 0 Å². The number of furan rings is 1. The molecule has 1 aromatic heterocycles. The summed E-state index contributed by atoms with van der Waals surface area (Å²) in [6, 6.07) is 9.92. The zero-order valence-corrected chi connectivity index (χ0v) is 11.4. The van der Waals surface area contributed by atoms with Crippen molar-refractivity contribution in [2.75, 3.05) is 32.8 Å². The van der Waals surface area contributed by atoms with E-state index < -0.39 is 6.10 Å². The molecule has 1 saturated heterocycles. The molecule has 1 aromatic carbocycles. The monoisotopic (exact) mass is 273 g/mol. The van der Waals surface area contributed by atoms with Gasteiger partial charge in [0.05, 0.1) is 31.8 Å². The molecule has 4 heteroatoms. The van der Waals surface area contributed by atoms with Crippen LogP contribution in [0.15, 0.2) is 47.3 Å². The quantitative estimate of drug-likeness (QED) is 0.928. The van der Waals surface area contributed by atoms with Gasteiger partial charge in [0.1, 0.15) is 0 Å². The molecular weight excluding hydrogens is 254 g/mol. The molecule has 1 atom stereocenters. The van der Waals surface area contributed by atoms with Crippen molar-refractivity contribution in [3.05, 3.63) is 48.4 Å². The average molecular weight is 273 g/mol. The average Bonchev–Trinajstić information content (AvgIpc) is 3.03. The van der Waals surface area contributed by atoms with E-state index in [1.54, 1.807) is 12.5 Å². The first-order chi connectivity index (χ1) is 9.83. The van der Waals surface area contributed by atoms with Crippen molar-refractivity contribution in [1.82, 2.24) is 4.90 Å². The van der Waals surface area contributed by atoms with E-state index in [-0.39, 0.29) is 0 Å². The molecule has 0 bridgehead atoms. The molecule has 4 nitrogen and oxygen atoms in total. The van der Waals surface area contributed by atoms with Gasteiger partial charge in [-0.25, -0.2) is 0 Å². The fraction of sp³-hybridized carbons (Fsp3) is 0.375. The Bertz CT molecular complexity index is 515. The lowest BCUT2D eigenvalue weighted by atomic mass is 10.0. The van der Waals surface area contributed by atoms with Crippen LogP contribution in [0.3, 0.4) is 0 Å². The van der Waals surface area contributed by atoms with Gasteiger partial charge in [0, 0.05) is 25.2 Å². The van der Waals surface area contributed by atoms with Crippen LogP contribution in [0.25, 0.3) is 11.1 Å². The van der Waals surface area contributed by atoms with E-state index in [0.29, 0.717) is 6.54 Å². The second-order valence-electron chi connectivity index (χ2n) is 5.06. The number of nitrogens with zero attached hydrogens (tertiary/aromatic N) is 1. The third-order valence-electron chi connectivity index (χ3n) is 3.68.